The number of rotatable bonds is 8. The van der Waals surface area contributed by atoms with Gasteiger partial charge in [-0.15, -0.1) is 0 Å². The number of urea groups is 1. The van der Waals surface area contributed by atoms with Crippen molar-refractivity contribution in [2.75, 3.05) is 44.1 Å². The van der Waals surface area contributed by atoms with Crippen molar-refractivity contribution in [1.29, 1.82) is 0 Å². The average Bonchev–Trinajstić information content (AvgIpc) is 3.09. The SMILES string of the molecule is COCC(=O)Nc1cccc(NC(=O)NCCCC2CCOC2)c1C. The Labute approximate surface area is 148 Å². The third-order valence-corrected chi connectivity index (χ3v) is 4.23. The van der Waals surface area contributed by atoms with Crippen LogP contribution >= 0.6 is 0 Å². The fraction of sp³-hybridized carbons (Fsp3) is 0.556. The third-order valence-electron chi connectivity index (χ3n) is 4.23. The Morgan fingerprint density at radius 1 is 1.28 bits per heavy atom. The first-order chi connectivity index (χ1) is 12.1. The van der Waals surface area contributed by atoms with Crippen LogP contribution in [0.2, 0.25) is 0 Å². The molecule has 3 N–H and O–H groups in total. The molecule has 1 atom stereocenters. The zero-order chi connectivity index (χ0) is 18.1. The molecule has 7 heteroatoms. The molecule has 0 aromatic heterocycles. The van der Waals surface area contributed by atoms with Gasteiger partial charge in [-0.05, 0) is 49.8 Å². The van der Waals surface area contributed by atoms with Crippen LogP contribution in [-0.4, -0.2) is 45.4 Å². The molecule has 1 aromatic rings. The maximum Gasteiger partial charge on any atom is 0.319 e. The maximum atomic E-state index is 12.0. The summed E-state index contributed by atoms with van der Waals surface area (Å²) < 4.78 is 10.1. The molecule has 1 unspecified atom stereocenters. The highest BCUT2D eigenvalue weighted by Crippen LogP contribution is 2.23. The van der Waals surface area contributed by atoms with Crippen molar-refractivity contribution in [1.82, 2.24) is 5.32 Å². The molecule has 1 aromatic carbocycles. The number of methoxy groups -OCH3 is 1. The molecule has 1 heterocycles. The van der Waals surface area contributed by atoms with Gasteiger partial charge in [0.15, 0.2) is 0 Å². The average molecular weight is 349 g/mol. The molecule has 1 saturated heterocycles. The largest absolute Gasteiger partial charge is 0.381 e. The van der Waals surface area contributed by atoms with E-state index in [0.717, 1.165) is 38.0 Å². The Hall–Kier alpha value is -2.12. The summed E-state index contributed by atoms with van der Waals surface area (Å²) in [6.45, 7) is 4.16. The minimum absolute atomic E-state index is 0.0103. The summed E-state index contributed by atoms with van der Waals surface area (Å²) in [5, 5.41) is 8.45. The summed E-state index contributed by atoms with van der Waals surface area (Å²) in [5.41, 5.74) is 2.11. The van der Waals surface area contributed by atoms with Crippen LogP contribution in [0.4, 0.5) is 16.2 Å². The van der Waals surface area contributed by atoms with E-state index in [1.165, 1.54) is 7.11 Å². The predicted molar refractivity (Wildman–Crippen MR) is 96.9 cm³/mol. The summed E-state index contributed by atoms with van der Waals surface area (Å²) in [4.78, 5) is 23.7. The summed E-state index contributed by atoms with van der Waals surface area (Å²) in [5.74, 6) is 0.391. The van der Waals surface area contributed by atoms with Gasteiger partial charge in [-0.1, -0.05) is 6.07 Å². The number of carbonyl (C=O) groups is 2. The third kappa shape index (κ3) is 6.36. The number of amides is 3. The van der Waals surface area contributed by atoms with Crippen molar-refractivity contribution in [3.05, 3.63) is 23.8 Å². The van der Waals surface area contributed by atoms with Gasteiger partial charge in [0.05, 0.1) is 0 Å². The molecular weight excluding hydrogens is 322 g/mol. The Bertz CT molecular complexity index is 586. The van der Waals surface area contributed by atoms with Crippen molar-refractivity contribution >= 4 is 23.3 Å². The van der Waals surface area contributed by atoms with Crippen LogP contribution in [0.1, 0.15) is 24.8 Å². The van der Waals surface area contributed by atoms with Crippen LogP contribution < -0.4 is 16.0 Å². The van der Waals surface area contributed by atoms with Crippen molar-refractivity contribution in [3.63, 3.8) is 0 Å². The molecule has 25 heavy (non-hydrogen) atoms. The van der Waals surface area contributed by atoms with Gasteiger partial charge in [0.25, 0.3) is 0 Å². The molecule has 1 fully saturated rings. The molecule has 0 bridgehead atoms. The first-order valence-electron chi connectivity index (χ1n) is 8.61. The highest BCUT2D eigenvalue weighted by atomic mass is 16.5. The van der Waals surface area contributed by atoms with E-state index in [0.29, 0.717) is 23.8 Å². The molecule has 0 aliphatic carbocycles. The van der Waals surface area contributed by atoms with E-state index in [2.05, 4.69) is 16.0 Å². The number of anilines is 2. The number of ether oxygens (including phenoxy) is 2. The number of hydrogen-bond donors (Lipinski definition) is 3. The van der Waals surface area contributed by atoms with Crippen molar-refractivity contribution < 1.29 is 19.1 Å². The van der Waals surface area contributed by atoms with Crippen LogP contribution in [0.5, 0.6) is 0 Å². The monoisotopic (exact) mass is 349 g/mol. The van der Waals surface area contributed by atoms with Crippen LogP contribution in [0, 0.1) is 12.8 Å². The van der Waals surface area contributed by atoms with Gasteiger partial charge >= 0.3 is 6.03 Å². The summed E-state index contributed by atoms with van der Waals surface area (Å²) in [7, 11) is 1.47. The van der Waals surface area contributed by atoms with Gasteiger partial charge in [-0.2, -0.15) is 0 Å². The molecule has 7 nitrogen and oxygen atoms in total. The second-order valence-electron chi connectivity index (χ2n) is 6.21. The molecule has 2 rings (SSSR count). The zero-order valence-electron chi connectivity index (χ0n) is 14.9. The van der Waals surface area contributed by atoms with Gasteiger partial charge in [0.1, 0.15) is 6.61 Å². The highest BCUT2D eigenvalue weighted by molar-refractivity contribution is 5.95. The van der Waals surface area contributed by atoms with E-state index in [4.69, 9.17) is 9.47 Å². The standard InChI is InChI=1S/C18H27N3O4/c1-13-15(20-17(22)12-24-2)6-3-7-16(13)21-18(23)19-9-4-5-14-8-10-25-11-14/h3,6-7,14H,4-5,8-12H2,1-2H3,(H,20,22)(H2,19,21,23). The normalized spacial score (nSPS) is 16.5. The van der Waals surface area contributed by atoms with Crippen LogP contribution in [0.25, 0.3) is 0 Å². The smallest absolute Gasteiger partial charge is 0.319 e. The summed E-state index contributed by atoms with van der Waals surface area (Å²) >= 11 is 0. The second-order valence-corrected chi connectivity index (χ2v) is 6.21. The molecule has 0 saturated carbocycles. The summed E-state index contributed by atoms with van der Waals surface area (Å²) in [6, 6.07) is 5.13. The lowest BCUT2D eigenvalue weighted by molar-refractivity contribution is -0.119. The fourth-order valence-electron chi connectivity index (χ4n) is 2.79. The first kappa shape index (κ1) is 19.2. The number of carbonyl (C=O) groups excluding carboxylic acids is 2. The predicted octanol–water partition coefficient (Wildman–Crippen LogP) is 2.52. The lowest BCUT2D eigenvalue weighted by atomic mass is 10.0. The minimum atomic E-state index is -0.244. The van der Waals surface area contributed by atoms with Gasteiger partial charge in [0, 0.05) is 38.2 Å². The van der Waals surface area contributed by atoms with E-state index in [9.17, 15) is 9.59 Å². The lowest BCUT2D eigenvalue weighted by Gasteiger charge is -2.14. The van der Waals surface area contributed by atoms with Crippen molar-refractivity contribution in [3.8, 4) is 0 Å². The van der Waals surface area contributed by atoms with Gasteiger partial charge in [-0.25, -0.2) is 4.79 Å². The number of nitrogens with one attached hydrogen (secondary N) is 3. The summed E-state index contributed by atoms with van der Waals surface area (Å²) in [6.07, 6.45) is 3.13. The maximum absolute atomic E-state index is 12.0. The lowest BCUT2D eigenvalue weighted by Crippen LogP contribution is -2.30. The highest BCUT2D eigenvalue weighted by Gasteiger charge is 2.15. The first-order valence-corrected chi connectivity index (χ1v) is 8.61. The van der Waals surface area contributed by atoms with Crippen LogP contribution in [-0.2, 0) is 14.3 Å². The number of benzene rings is 1. The Balaban J connectivity index is 1.78. The molecule has 1 aliphatic heterocycles. The Morgan fingerprint density at radius 2 is 2.04 bits per heavy atom. The number of hydrogen-bond acceptors (Lipinski definition) is 4. The van der Waals surface area contributed by atoms with Gasteiger partial charge in [0.2, 0.25) is 5.91 Å². The van der Waals surface area contributed by atoms with Gasteiger partial charge in [-0.3, -0.25) is 4.79 Å². The van der Waals surface area contributed by atoms with E-state index in [1.807, 2.05) is 6.92 Å². The fourth-order valence-corrected chi connectivity index (χ4v) is 2.79. The molecule has 3 amide bonds. The second kappa shape index (κ2) is 10.0. The quantitative estimate of drug-likeness (QED) is 0.629. The molecule has 0 spiro atoms. The Kier molecular flexibility index (Phi) is 7.69. The topological polar surface area (TPSA) is 88.7 Å². The van der Waals surface area contributed by atoms with E-state index in [-0.39, 0.29) is 18.5 Å². The Morgan fingerprint density at radius 3 is 2.72 bits per heavy atom. The zero-order valence-corrected chi connectivity index (χ0v) is 14.9. The molecular formula is C18H27N3O4. The van der Waals surface area contributed by atoms with Crippen LogP contribution in [0.3, 0.4) is 0 Å². The van der Waals surface area contributed by atoms with Crippen LogP contribution in [0.15, 0.2) is 18.2 Å². The van der Waals surface area contributed by atoms with E-state index < -0.39 is 0 Å². The van der Waals surface area contributed by atoms with Gasteiger partial charge < -0.3 is 25.4 Å². The molecule has 138 valence electrons. The van der Waals surface area contributed by atoms with Crippen molar-refractivity contribution in [2.45, 2.75) is 26.2 Å². The van der Waals surface area contributed by atoms with Crippen molar-refractivity contribution in [2.24, 2.45) is 5.92 Å². The van der Waals surface area contributed by atoms with E-state index in [1.54, 1.807) is 18.2 Å². The molecule has 1 aliphatic rings. The molecule has 0 radical (unpaired) electrons. The van der Waals surface area contributed by atoms with E-state index >= 15 is 0 Å². The minimum Gasteiger partial charge on any atom is -0.381 e.